The van der Waals surface area contributed by atoms with E-state index >= 15 is 0 Å². The van der Waals surface area contributed by atoms with E-state index in [1.165, 1.54) is 37.3 Å². The zero-order valence-corrected chi connectivity index (χ0v) is 15.7. The molecule has 2 amide bonds. The summed E-state index contributed by atoms with van der Waals surface area (Å²) in [5.74, 6) is -0.638. The molecule has 2 aromatic rings. The van der Waals surface area contributed by atoms with Gasteiger partial charge in [-0.3, -0.25) is 9.59 Å². The van der Waals surface area contributed by atoms with Gasteiger partial charge in [-0.15, -0.1) is 13.2 Å². The number of ether oxygens (including phenoxy) is 2. The average molecular weight is 408 g/mol. The number of anilines is 1. The van der Waals surface area contributed by atoms with Gasteiger partial charge in [-0.05, 0) is 48.0 Å². The van der Waals surface area contributed by atoms with Gasteiger partial charge in [0.25, 0.3) is 0 Å². The van der Waals surface area contributed by atoms with Crippen LogP contribution in [0.4, 0.5) is 18.9 Å². The summed E-state index contributed by atoms with van der Waals surface area (Å²) in [6, 6.07) is 11.8. The largest absolute Gasteiger partial charge is 0.573 e. The molecule has 0 fully saturated rings. The van der Waals surface area contributed by atoms with Crippen molar-refractivity contribution >= 4 is 23.6 Å². The SMILES string of the molecule is COc1cccc(/C=C/C(=O)N(C)CC(=O)Nc2ccc(OC(F)(F)F)cc2)c1. The fraction of sp³-hybridized carbons (Fsp3) is 0.200. The van der Waals surface area contributed by atoms with Crippen LogP contribution in [0, 0.1) is 0 Å². The highest BCUT2D eigenvalue weighted by atomic mass is 19.4. The standard InChI is InChI=1S/C20H19F3N2O4/c1-25(19(27)11-6-14-4-3-5-17(12-14)28-2)13-18(26)24-15-7-9-16(10-8-15)29-20(21,22)23/h3-12H,13H2,1-2H3,(H,24,26)/b11-6+. The first-order valence-electron chi connectivity index (χ1n) is 8.39. The maximum Gasteiger partial charge on any atom is 0.573 e. The van der Waals surface area contributed by atoms with E-state index in [1.54, 1.807) is 30.3 Å². The average Bonchev–Trinajstić information content (AvgIpc) is 2.66. The molecule has 0 radical (unpaired) electrons. The Morgan fingerprint density at radius 1 is 1.10 bits per heavy atom. The third-order valence-electron chi connectivity index (χ3n) is 3.64. The molecule has 0 saturated carbocycles. The van der Waals surface area contributed by atoms with Crippen LogP contribution in [-0.2, 0) is 9.59 Å². The van der Waals surface area contributed by atoms with Gasteiger partial charge in [0.05, 0.1) is 13.7 Å². The number of halogens is 3. The minimum atomic E-state index is -4.79. The lowest BCUT2D eigenvalue weighted by molar-refractivity contribution is -0.274. The number of hydrogen-bond donors (Lipinski definition) is 1. The number of amides is 2. The zero-order chi connectivity index (χ0) is 21.4. The molecule has 0 atom stereocenters. The lowest BCUT2D eigenvalue weighted by atomic mass is 10.2. The molecule has 1 N–H and O–H groups in total. The molecule has 0 unspecified atom stereocenters. The second-order valence-electron chi connectivity index (χ2n) is 5.92. The van der Waals surface area contributed by atoms with Gasteiger partial charge in [0.15, 0.2) is 0 Å². The van der Waals surface area contributed by atoms with Gasteiger partial charge in [0.2, 0.25) is 11.8 Å². The number of rotatable bonds is 7. The van der Waals surface area contributed by atoms with Crippen molar-refractivity contribution in [3.63, 3.8) is 0 Å². The molecule has 2 rings (SSSR count). The van der Waals surface area contributed by atoms with E-state index in [4.69, 9.17) is 4.74 Å². The van der Waals surface area contributed by atoms with E-state index in [9.17, 15) is 22.8 Å². The third-order valence-corrected chi connectivity index (χ3v) is 3.64. The van der Waals surface area contributed by atoms with Gasteiger partial charge in [0, 0.05) is 18.8 Å². The fourth-order valence-corrected chi connectivity index (χ4v) is 2.27. The van der Waals surface area contributed by atoms with Crippen LogP contribution in [0.3, 0.4) is 0 Å². The van der Waals surface area contributed by atoms with E-state index in [0.717, 1.165) is 17.7 Å². The number of nitrogens with one attached hydrogen (secondary N) is 1. The third kappa shape index (κ3) is 7.57. The van der Waals surface area contributed by atoms with E-state index in [-0.39, 0.29) is 12.2 Å². The van der Waals surface area contributed by atoms with E-state index in [1.807, 2.05) is 0 Å². The van der Waals surface area contributed by atoms with Gasteiger partial charge in [0.1, 0.15) is 11.5 Å². The Morgan fingerprint density at radius 2 is 1.79 bits per heavy atom. The molecule has 0 spiro atoms. The molecule has 0 heterocycles. The molecule has 154 valence electrons. The summed E-state index contributed by atoms with van der Waals surface area (Å²) in [5, 5.41) is 2.50. The van der Waals surface area contributed by atoms with Gasteiger partial charge in [-0.2, -0.15) is 0 Å². The molecule has 0 aromatic heterocycles. The van der Waals surface area contributed by atoms with Crippen LogP contribution < -0.4 is 14.8 Å². The van der Waals surface area contributed by atoms with Gasteiger partial charge >= 0.3 is 6.36 Å². The van der Waals surface area contributed by atoms with Crippen molar-refractivity contribution in [3.05, 3.63) is 60.2 Å². The molecule has 6 nitrogen and oxygen atoms in total. The summed E-state index contributed by atoms with van der Waals surface area (Å²) < 4.78 is 45.3. The summed E-state index contributed by atoms with van der Waals surface area (Å²) >= 11 is 0. The normalized spacial score (nSPS) is 11.2. The van der Waals surface area contributed by atoms with Crippen molar-refractivity contribution in [1.29, 1.82) is 0 Å². The molecule has 2 aromatic carbocycles. The molecule has 29 heavy (non-hydrogen) atoms. The molecule has 0 aliphatic rings. The quantitative estimate of drug-likeness (QED) is 0.710. The maximum absolute atomic E-state index is 12.1. The summed E-state index contributed by atoms with van der Waals surface area (Å²) in [5.41, 5.74) is 1.04. The number of alkyl halides is 3. The van der Waals surface area contributed by atoms with E-state index in [2.05, 4.69) is 10.1 Å². The Hall–Kier alpha value is -3.49. The Morgan fingerprint density at radius 3 is 2.41 bits per heavy atom. The maximum atomic E-state index is 12.1. The highest BCUT2D eigenvalue weighted by Crippen LogP contribution is 2.23. The summed E-state index contributed by atoms with van der Waals surface area (Å²) in [4.78, 5) is 25.4. The first kappa shape index (κ1) is 21.8. The Labute approximate surface area is 165 Å². The lowest BCUT2D eigenvalue weighted by Crippen LogP contribution is -2.33. The van der Waals surface area contributed by atoms with Crippen LogP contribution in [0.15, 0.2) is 54.6 Å². The van der Waals surface area contributed by atoms with Crippen molar-refractivity contribution in [2.75, 3.05) is 26.0 Å². The highest BCUT2D eigenvalue weighted by molar-refractivity contribution is 5.97. The van der Waals surface area contributed by atoms with Crippen LogP contribution >= 0.6 is 0 Å². The van der Waals surface area contributed by atoms with Crippen molar-refractivity contribution in [1.82, 2.24) is 4.90 Å². The Bertz CT molecular complexity index is 880. The first-order chi connectivity index (χ1) is 13.7. The van der Waals surface area contributed by atoms with E-state index in [0.29, 0.717) is 5.75 Å². The number of carbonyl (C=O) groups excluding carboxylic acids is 2. The second-order valence-corrected chi connectivity index (χ2v) is 5.92. The van der Waals surface area contributed by atoms with Crippen LogP contribution in [0.2, 0.25) is 0 Å². The number of carbonyl (C=O) groups is 2. The van der Waals surface area contributed by atoms with Crippen molar-refractivity contribution in [3.8, 4) is 11.5 Å². The summed E-state index contributed by atoms with van der Waals surface area (Å²) in [6.07, 6.45) is -1.86. The first-order valence-corrected chi connectivity index (χ1v) is 8.39. The smallest absolute Gasteiger partial charge is 0.497 e. The van der Waals surface area contributed by atoms with Crippen molar-refractivity contribution in [2.45, 2.75) is 6.36 Å². The number of benzene rings is 2. The van der Waals surface area contributed by atoms with Crippen LogP contribution in [0.1, 0.15) is 5.56 Å². The molecule has 0 aliphatic heterocycles. The number of methoxy groups -OCH3 is 1. The monoisotopic (exact) mass is 408 g/mol. The lowest BCUT2D eigenvalue weighted by Gasteiger charge is -2.15. The number of nitrogens with zero attached hydrogens (tertiary/aromatic N) is 1. The molecular weight excluding hydrogens is 389 g/mol. The molecule has 9 heteroatoms. The van der Waals surface area contributed by atoms with E-state index < -0.39 is 23.9 Å². The number of hydrogen-bond acceptors (Lipinski definition) is 4. The molecular formula is C20H19F3N2O4. The predicted molar refractivity (Wildman–Crippen MR) is 101 cm³/mol. The summed E-state index contributed by atoms with van der Waals surface area (Å²) in [6.45, 7) is -0.234. The minimum absolute atomic E-state index is 0.234. The molecule has 0 saturated heterocycles. The second kappa shape index (κ2) is 9.63. The minimum Gasteiger partial charge on any atom is -0.497 e. The van der Waals surface area contributed by atoms with Crippen LogP contribution in [0.5, 0.6) is 11.5 Å². The van der Waals surface area contributed by atoms with Crippen LogP contribution in [-0.4, -0.2) is 43.8 Å². The molecule has 0 aliphatic carbocycles. The zero-order valence-electron chi connectivity index (χ0n) is 15.7. The van der Waals surface area contributed by atoms with Gasteiger partial charge < -0.3 is 19.7 Å². The van der Waals surface area contributed by atoms with Crippen molar-refractivity contribution < 1.29 is 32.2 Å². The van der Waals surface area contributed by atoms with Crippen molar-refractivity contribution in [2.24, 2.45) is 0 Å². The van der Waals surface area contributed by atoms with Gasteiger partial charge in [-0.25, -0.2) is 0 Å². The highest BCUT2D eigenvalue weighted by Gasteiger charge is 2.30. The summed E-state index contributed by atoms with van der Waals surface area (Å²) in [7, 11) is 3.00. The topological polar surface area (TPSA) is 67.9 Å². The molecule has 0 bridgehead atoms. The Kier molecular flexibility index (Phi) is 7.24. The fourth-order valence-electron chi connectivity index (χ4n) is 2.27. The predicted octanol–water partition coefficient (Wildman–Crippen LogP) is 3.70. The Balaban J connectivity index is 1.87. The van der Waals surface area contributed by atoms with Gasteiger partial charge in [-0.1, -0.05) is 12.1 Å². The van der Waals surface area contributed by atoms with Crippen LogP contribution in [0.25, 0.3) is 6.08 Å². The number of likely N-dealkylation sites (N-methyl/N-ethyl adjacent to an activating group) is 1.